The molecule has 1 aliphatic rings. The molecule has 0 aromatic rings. The molecule has 2 atom stereocenters. The maximum Gasteiger partial charge on any atom is 0.249 e. The zero-order chi connectivity index (χ0) is 10.4. The van der Waals surface area contributed by atoms with Crippen molar-refractivity contribution in [2.24, 2.45) is 0 Å². The SMILES string of the molecule is CCC(OC)C(=O)NCC1CCCN1.Cl. The van der Waals surface area contributed by atoms with Crippen molar-refractivity contribution in [2.75, 3.05) is 20.2 Å². The van der Waals surface area contributed by atoms with Gasteiger partial charge in [0.05, 0.1) is 0 Å². The van der Waals surface area contributed by atoms with Gasteiger partial charge in [-0.05, 0) is 25.8 Å². The first-order chi connectivity index (χ1) is 6.77. The van der Waals surface area contributed by atoms with Gasteiger partial charge in [-0.2, -0.15) is 0 Å². The molecule has 0 spiro atoms. The largest absolute Gasteiger partial charge is 0.372 e. The summed E-state index contributed by atoms with van der Waals surface area (Å²) in [6.07, 6.45) is 2.79. The molecule has 90 valence electrons. The fraction of sp³-hybridized carbons (Fsp3) is 0.900. The number of carbonyl (C=O) groups is 1. The Labute approximate surface area is 97.5 Å². The van der Waals surface area contributed by atoms with E-state index in [1.165, 1.54) is 6.42 Å². The summed E-state index contributed by atoms with van der Waals surface area (Å²) in [7, 11) is 1.57. The van der Waals surface area contributed by atoms with Gasteiger partial charge in [-0.25, -0.2) is 0 Å². The summed E-state index contributed by atoms with van der Waals surface area (Å²) in [6, 6.07) is 0.452. The number of rotatable bonds is 5. The lowest BCUT2D eigenvalue weighted by atomic mass is 10.2. The molecule has 4 nitrogen and oxygen atoms in total. The lowest BCUT2D eigenvalue weighted by molar-refractivity contribution is -0.131. The van der Waals surface area contributed by atoms with Gasteiger partial charge in [-0.1, -0.05) is 6.92 Å². The first-order valence-electron chi connectivity index (χ1n) is 5.31. The van der Waals surface area contributed by atoms with Gasteiger partial charge in [-0.15, -0.1) is 12.4 Å². The molecule has 0 radical (unpaired) electrons. The monoisotopic (exact) mass is 236 g/mol. The average Bonchev–Trinajstić information content (AvgIpc) is 2.69. The van der Waals surface area contributed by atoms with Crippen LogP contribution in [-0.4, -0.2) is 38.3 Å². The Bertz CT molecular complexity index is 180. The van der Waals surface area contributed by atoms with E-state index in [1.807, 2.05) is 6.92 Å². The maximum absolute atomic E-state index is 11.5. The summed E-state index contributed by atoms with van der Waals surface area (Å²) in [6.45, 7) is 3.74. The van der Waals surface area contributed by atoms with Crippen LogP contribution < -0.4 is 10.6 Å². The summed E-state index contributed by atoms with van der Waals surface area (Å²) in [5.41, 5.74) is 0. The Hall–Kier alpha value is -0.320. The van der Waals surface area contributed by atoms with E-state index in [1.54, 1.807) is 7.11 Å². The second-order valence-electron chi connectivity index (χ2n) is 3.67. The molecule has 1 heterocycles. The Morgan fingerprint density at radius 3 is 2.87 bits per heavy atom. The molecule has 5 heteroatoms. The Morgan fingerprint density at radius 1 is 1.67 bits per heavy atom. The molecule has 0 bridgehead atoms. The van der Waals surface area contributed by atoms with Gasteiger partial charge in [0, 0.05) is 19.7 Å². The Kier molecular flexibility index (Phi) is 7.74. The molecule has 1 aliphatic heterocycles. The molecule has 1 amide bonds. The summed E-state index contributed by atoms with van der Waals surface area (Å²) in [4.78, 5) is 11.5. The minimum atomic E-state index is -0.295. The summed E-state index contributed by atoms with van der Waals surface area (Å²) >= 11 is 0. The number of halogens is 1. The van der Waals surface area contributed by atoms with Crippen LogP contribution >= 0.6 is 12.4 Å². The highest BCUT2D eigenvalue weighted by molar-refractivity contribution is 5.85. The predicted octanol–water partition coefficient (Wildman–Crippen LogP) is 0.701. The highest BCUT2D eigenvalue weighted by Gasteiger charge is 2.18. The first kappa shape index (κ1) is 14.7. The van der Waals surface area contributed by atoms with Gasteiger partial charge in [-0.3, -0.25) is 4.79 Å². The van der Waals surface area contributed by atoms with Gasteiger partial charge < -0.3 is 15.4 Å². The summed E-state index contributed by atoms with van der Waals surface area (Å²) in [5, 5.41) is 6.23. The Balaban J connectivity index is 0.00000196. The van der Waals surface area contributed by atoms with E-state index < -0.39 is 0 Å². The first-order valence-corrected chi connectivity index (χ1v) is 5.31. The van der Waals surface area contributed by atoms with Gasteiger partial charge in [0.15, 0.2) is 0 Å². The van der Waals surface area contributed by atoms with Crippen molar-refractivity contribution in [1.82, 2.24) is 10.6 Å². The van der Waals surface area contributed by atoms with Crippen molar-refractivity contribution in [1.29, 1.82) is 0 Å². The molecule has 0 aliphatic carbocycles. The molecule has 1 fully saturated rings. The smallest absolute Gasteiger partial charge is 0.249 e. The molecule has 2 N–H and O–H groups in total. The Morgan fingerprint density at radius 2 is 2.40 bits per heavy atom. The van der Waals surface area contributed by atoms with Crippen LogP contribution in [0, 0.1) is 0 Å². The molecule has 15 heavy (non-hydrogen) atoms. The van der Waals surface area contributed by atoms with E-state index in [4.69, 9.17) is 4.74 Å². The third-order valence-corrected chi connectivity index (χ3v) is 2.63. The van der Waals surface area contributed by atoms with Gasteiger partial charge >= 0.3 is 0 Å². The lowest BCUT2D eigenvalue weighted by Gasteiger charge is -2.15. The van der Waals surface area contributed by atoms with Crippen LogP contribution in [-0.2, 0) is 9.53 Å². The second-order valence-corrected chi connectivity index (χ2v) is 3.67. The lowest BCUT2D eigenvalue weighted by Crippen LogP contribution is -2.42. The fourth-order valence-electron chi connectivity index (χ4n) is 1.73. The fourth-order valence-corrected chi connectivity index (χ4v) is 1.73. The van der Waals surface area contributed by atoms with Crippen LogP contribution in [0.2, 0.25) is 0 Å². The quantitative estimate of drug-likeness (QED) is 0.739. The van der Waals surface area contributed by atoms with Crippen molar-refractivity contribution in [3.63, 3.8) is 0 Å². The highest BCUT2D eigenvalue weighted by atomic mass is 35.5. The predicted molar refractivity (Wildman–Crippen MR) is 62.4 cm³/mol. The number of methoxy groups -OCH3 is 1. The van der Waals surface area contributed by atoms with Crippen molar-refractivity contribution >= 4 is 18.3 Å². The molecule has 1 rings (SSSR count). The number of ether oxygens (including phenoxy) is 1. The molecule has 2 unspecified atom stereocenters. The maximum atomic E-state index is 11.5. The van der Waals surface area contributed by atoms with E-state index in [2.05, 4.69) is 10.6 Å². The normalized spacial score (nSPS) is 21.9. The average molecular weight is 237 g/mol. The highest BCUT2D eigenvalue weighted by Crippen LogP contribution is 2.03. The van der Waals surface area contributed by atoms with Crippen molar-refractivity contribution < 1.29 is 9.53 Å². The van der Waals surface area contributed by atoms with Crippen LogP contribution in [0.25, 0.3) is 0 Å². The van der Waals surface area contributed by atoms with Crippen LogP contribution in [0.1, 0.15) is 26.2 Å². The van der Waals surface area contributed by atoms with Gasteiger partial charge in [0.25, 0.3) is 0 Å². The van der Waals surface area contributed by atoms with Crippen molar-refractivity contribution in [3.8, 4) is 0 Å². The molecule has 0 saturated carbocycles. The molecular weight excluding hydrogens is 216 g/mol. The number of nitrogens with one attached hydrogen (secondary N) is 2. The van der Waals surface area contributed by atoms with Crippen LogP contribution in [0.3, 0.4) is 0 Å². The van der Waals surface area contributed by atoms with Crippen molar-refractivity contribution in [2.45, 2.75) is 38.3 Å². The van der Waals surface area contributed by atoms with E-state index in [0.717, 1.165) is 25.9 Å². The molecular formula is C10H21ClN2O2. The summed E-state index contributed by atoms with van der Waals surface area (Å²) < 4.78 is 5.04. The third-order valence-electron chi connectivity index (χ3n) is 2.63. The second kappa shape index (κ2) is 7.91. The van der Waals surface area contributed by atoms with Crippen LogP contribution in [0.15, 0.2) is 0 Å². The van der Waals surface area contributed by atoms with Crippen LogP contribution in [0.4, 0.5) is 0 Å². The number of hydrogen-bond donors (Lipinski definition) is 2. The standard InChI is InChI=1S/C10H20N2O2.ClH/c1-3-9(14-2)10(13)12-7-8-5-4-6-11-8;/h8-9,11H,3-7H2,1-2H3,(H,12,13);1H. The van der Waals surface area contributed by atoms with Gasteiger partial charge in [0.1, 0.15) is 6.10 Å². The molecule has 1 saturated heterocycles. The molecule has 0 aromatic carbocycles. The number of carbonyl (C=O) groups excluding carboxylic acids is 1. The van der Waals surface area contributed by atoms with E-state index in [0.29, 0.717) is 6.04 Å². The van der Waals surface area contributed by atoms with Gasteiger partial charge in [0.2, 0.25) is 5.91 Å². The van der Waals surface area contributed by atoms with E-state index in [9.17, 15) is 4.79 Å². The zero-order valence-electron chi connectivity index (χ0n) is 9.41. The van der Waals surface area contributed by atoms with E-state index in [-0.39, 0.29) is 24.4 Å². The minimum absolute atomic E-state index is 0. The number of amides is 1. The topological polar surface area (TPSA) is 50.4 Å². The van der Waals surface area contributed by atoms with E-state index >= 15 is 0 Å². The zero-order valence-corrected chi connectivity index (χ0v) is 10.2. The summed E-state index contributed by atoms with van der Waals surface area (Å²) in [5.74, 6) is 0.00343. The number of hydrogen-bond acceptors (Lipinski definition) is 3. The minimum Gasteiger partial charge on any atom is -0.372 e. The molecule has 0 aromatic heterocycles. The van der Waals surface area contributed by atoms with Crippen LogP contribution in [0.5, 0.6) is 0 Å². The third kappa shape index (κ3) is 4.82. The van der Waals surface area contributed by atoms with Crippen molar-refractivity contribution in [3.05, 3.63) is 0 Å².